The van der Waals surface area contributed by atoms with Gasteiger partial charge in [-0.25, -0.2) is 4.98 Å². The fraction of sp³-hybridized carbons (Fsp3) is 0.318. The first-order valence-corrected chi connectivity index (χ1v) is 9.51. The first-order chi connectivity index (χ1) is 14.0. The molecule has 7 nitrogen and oxygen atoms in total. The van der Waals surface area contributed by atoms with Gasteiger partial charge in [0, 0.05) is 5.56 Å². The van der Waals surface area contributed by atoms with E-state index in [-0.39, 0.29) is 24.1 Å². The highest BCUT2D eigenvalue weighted by Crippen LogP contribution is 2.42. The normalized spacial score (nSPS) is 15.2. The Balaban J connectivity index is 1.55. The van der Waals surface area contributed by atoms with Crippen LogP contribution in [0.4, 0.5) is 0 Å². The van der Waals surface area contributed by atoms with Crippen LogP contribution >= 0.6 is 0 Å². The van der Waals surface area contributed by atoms with Crippen LogP contribution in [-0.4, -0.2) is 29.7 Å². The van der Waals surface area contributed by atoms with Gasteiger partial charge in [0.05, 0.1) is 37.5 Å². The maximum absolute atomic E-state index is 12.7. The van der Waals surface area contributed by atoms with Crippen molar-refractivity contribution in [1.82, 2.24) is 14.9 Å². The predicted molar refractivity (Wildman–Crippen MR) is 109 cm³/mol. The molecule has 1 unspecified atom stereocenters. The second-order valence-corrected chi connectivity index (χ2v) is 7.18. The molecule has 0 aliphatic heterocycles. The van der Waals surface area contributed by atoms with Gasteiger partial charge in [-0.15, -0.1) is 0 Å². The molecule has 4 rings (SSSR count). The van der Waals surface area contributed by atoms with Gasteiger partial charge in [0.1, 0.15) is 6.54 Å². The highest BCUT2D eigenvalue weighted by Gasteiger charge is 2.28. The molecule has 150 valence electrons. The third-order valence-electron chi connectivity index (χ3n) is 5.45. The molecule has 0 radical (unpaired) electrons. The van der Waals surface area contributed by atoms with Gasteiger partial charge in [0.25, 0.3) is 5.56 Å². The molecule has 1 amide bonds. The third kappa shape index (κ3) is 3.33. The lowest BCUT2D eigenvalue weighted by atomic mass is 10.1. The van der Waals surface area contributed by atoms with Gasteiger partial charge in [-0.2, -0.15) is 0 Å². The summed E-state index contributed by atoms with van der Waals surface area (Å²) >= 11 is 0. The lowest BCUT2D eigenvalue weighted by Gasteiger charge is -2.17. The van der Waals surface area contributed by atoms with Gasteiger partial charge in [-0.05, 0) is 43.0 Å². The molecular weight excluding hydrogens is 370 g/mol. The molecule has 29 heavy (non-hydrogen) atoms. The van der Waals surface area contributed by atoms with E-state index in [2.05, 4.69) is 10.3 Å². The number of para-hydroxylation sites is 1. The molecule has 2 aromatic carbocycles. The summed E-state index contributed by atoms with van der Waals surface area (Å²) in [5.74, 6) is 1.17. The van der Waals surface area contributed by atoms with Crippen molar-refractivity contribution in [2.75, 3.05) is 14.2 Å². The number of benzene rings is 2. The second-order valence-electron chi connectivity index (χ2n) is 7.18. The molecule has 3 aromatic rings. The highest BCUT2D eigenvalue weighted by atomic mass is 16.5. The Morgan fingerprint density at radius 2 is 2.07 bits per heavy atom. The molecule has 1 N–H and O–H groups in total. The minimum atomic E-state index is -0.228. The fourth-order valence-electron chi connectivity index (χ4n) is 4.03. The summed E-state index contributed by atoms with van der Waals surface area (Å²) in [5.41, 5.74) is 3.46. The van der Waals surface area contributed by atoms with E-state index in [1.807, 2.05) is 31.2 Å². The quantitative estimate of drug-likeness (QED) is 0.720. The summed E-state index contributed by atoms with van der Waals surface area (Å²) in [4.78, 5) is 29.7. The highest BCUT2D eigenvalue weighted by molar-refractivity contribution is 5.81. The molecular formula is C22H23N3O4. The van der Waals surface area contributed by atoms with Gasteiger partial charge in [0.2, 0.25) is 5.91 Å². The van der Waals surface area contributed by atoms with Crippen LogP contribution in [0, 0.1) is 6.92 Å². The van der Waals surface area contributed by atoms with Gasteiger partial charge in [-0.3, -0.25) is 14.2 Å². The number of hydrogen-bond acceptors (Lipinski definition) is 5. The van der Waals surface area contributed by atoms with Crippen molar-refractivity contribution < 1.29 is 14.3 Å². The second kappa shape index (κ2) is 7.58. The Morgan fingerprint density at radius 3 is 2.83 bits per heavy atom. The Kier molecular flexibility index (Phi) is 4.96. The molecule has 0 fully saturated rings. The zero-order valence-electron chi connectivity index (χ0n) is 16.7. The van der Waals surface area contributed by atoms with E-state index >= 15 is 0 Å². The van der Waals surface area contributed by atoms with E-state index in [0.29, 0.717) is 22.4 Å². The SMILES string of the molecule is COc1ccc2c(c1OC)CCC2NC(=O)Cn1cnc2c(C)cccc2c1=O. The first kappa shape index (κ1) is 19.0. The van der Waals surface area contributed by atoms with Crippen LogP contribution < -0.4 is 20.3 Å². The van der Waals surface area contributed by atoms with Crippen molar-refractivity contribution in [3.63, 3.8) is 0 Å². The standard InChI is InChI=1S/C22H23N3O4/c1-13-5-4-6-16-20(13)23-12-25(22(16)27)11-19(26)24-17-9-7-15-14(17)8-10-18(28-2)21(15)29-3/h4-6,8,10,12,17H,7,9,11H2,1-3H3,(H,24,26). The van der Waals surface area contributed by atoms with Crippen molar-refractivity contribution in [2.45, 2.75) is 32.4 Å². The largest absolute Gasteiger partial charge is 0.493 e. The van der Waals surface area contributed by atoms with Gasteiger partial charge >= 0.3 is 0 Å². The molecule has 1 atom stereocenters. The topological polar surface area (TPSA) is 82.4 Å². The molecule has 0 saturated carbocycles. The number of amides is 1. The molecule has 7 heteroatoms. The van der Waals surface area contributed by atoms with Gasteiger partial charge in [0.15, 0.2) is 11.5 Å². The Labute approximate surface area is 168 Å². The number of aromatic nitrogens is 2. The van der Waals surface area contributed by atoms with Crippen molar-refractivity contribution in [2.24, 2.45) is 0 Å². The Morgan fingerprint density at radius 1 is 1.24 bits per heavy atom. The fourth-order valence-corrected chi connectivity index (χ4v) is 4.03. The zero-order chi connectivity index (χ0) is 20.5. The maximum atomic E-state index is 12.7. The van der Waals surface area contributed by atoms with Crippen LogP contribution in [0.2, 0.25) is 0 Å². The van der Waals surface area contributed by atoms with E-state index in [1.54, 1.807) is 20.3 Å². The number of carbonyl (C=O) groups is 1. The van der Waals surface area contributed by atoms with Crippen LogP contribution in [0.5, 0.6) is 11.5 Å². The maximum Gasteiger partial charge on any atom is 0.261 e. The number of nitrogens with zero attached hydrogens (tertiary/aromatic N) is 2. The molecule has 0 bridgehead atoms. The number of aryl methyl sites for hydroxylation is 1. The smallest absolute Gasteiger partial charge is 0.261 e. The van der Waals surface area contributed by atoms with Crippen LogP contribution in [0.25, 0.3) is 10.9 Å². The van der Waals surface area contributed by atoms with Crippen molar-refractivity contribution in [3.05, 3.63) is 63.7 Å². The minimum Gasteiger partial charge on any atom is -0.493 e. The number of nitrogens with one attached hydrogen (secondary N) is 1. The van der Waals surface area contributed by atoms with Crippen LogP contribution in [0.1, 0.15) is 29.2 Å². The number of rotatable bonds is 5. The minimum absolute atomic E-state index is 0.0746. The number of methoxy groups -OCH3 is 2. The van der Waals surface area contributed by atoms with Crippen molar-refractivity contribution in [3.8, 4) is 11.5 Å². The zero-order valence-corrected chi connectivity index (χ0v) is 16.7. The predicted octanol–water partition coefficient (Wildman–Crippen LogP) is 2.53. The summed E-state index contributed by atoms with van der Waals surface area (Å²) < 4.78 is 12.2. The molecule has 0 saturated heterocycles. The summed E-state index contributed by atoms with van der Waals surface area (Å²) in [6.07, 6.45) is 3.00. The van der Waals surface area contributed by atoms with Crippen LogP contribution in [-0.2, 0) is 17.8 Å². The van der Waals surface area contributed by atoms with E-state index in [9.17, 15) is 9.59 Å². The monoisotopic (exact) mass is 393 g/mol. The first-order valence-electron chi connectivity index (χ1n) is 9.51. The molecule has 0 spiro atoms. The lowest BCUT2D eigenvalue weighted by molar-refractivity contribution is -0.122. The Bertz CT molecular complexity index is 1150. The summed E-state index contributed by atoms with van der Waals surface area (Å²) in [5, 5.41) is 3.55. The molecule has 1 aliphatic rings. The number of hydrogen-bond donors (Lipinski definition) is 1. The summed E-state index contributed by atoms with van der Waals surface area (Å²) in [6, 6.07) is 9.15. The van der Waals surface area contributed by atoms with Crippen LogP contribution in [0.3, 0.4) is 0 Å². The van der Waals surface area contributed by atoms with E-state index in [1.165, 1.54) is 10.9 Å². The number of fused-ring (bicyclic) bond motifs is 2. The summed E-state index contributed by atoms with van der Waals surface area (Å²) in [7, 11) is 3.22. The lowest BCUT2D eigenvalue weighted by Crippen LogP contribution is -2.34. The van der Waals surface area contributed by atoms with Crippen molar-refractivity contribution in [1.29, 1.82) is 0 Å². The van der Waals surface area contributed by atoms with Gasteiger partial charge in [-0.1, -0.05) is 18.2 Å². The average molecular weight is 393 g/mol. The van der Waals surface area contributed by atoms with Crippen molar-refractivity contribution >= 4 is 16.8 Å². The van der Waals surface area contributed by atoms with E-state index in [4.69, 9.17) is 9.47 Å². The third-order valence-corrected chi connectivity index (χ3v) is 5.45. The number of ether oxygens (including phenoxy) is 2. The molecule has 1 aliphatic carbocycles. The Hall–Kier alpha value is -3.35. The number of carbonyl (C=O) groups excluding carboxylic acids is 1. The van der Waals surface area contributed by atoms with Crippen LogP contribution in [0.15, 0.2) is 41.5 Å². The average Bonchev–Trinajstić information content (AvgIpc) is 3.12. The summed E-state index contributed by atoms with van der Waals surface area (Å²) in [6.45, 7) is 1.83. The van der Waals surface area contributed by atoms with E-state index in [0.717, 1.165) is 29.5 Å². The van der Waals surface area contributed by atoms with E-state index < -0.39 is 0 Å². The molecule has 1 aromatic heterocycles. The molecule has 1 heterocycles. The van der Waals surface area contributed by atoms with Gasteiger partial charge < -0.3 is 14.8 Å².